The van der Waals surface area contributed by atoms with Crippen LogP contribution in [0.4, 0.5) is 0 Å². The molecule has 0 fully saturated rings. The molecule has 2 aromatic carbocycles. The highest BCUT2D eigenvalue weighted by Gasteiger charge is 2.16. The van der Waals surface area contributed by atoms with E-state index < -0.39 is 10.1 Å². The first-order valence-corrected chi connectivity index (χ1v) is 6.90. The molecule has 6 heteroatoms. The van der Waals surface area contributed by atoms with Gasteiger partial charge in [0.05, 0.1) is 0 Å². The Morgan fingerprint density at radius 2 is 1.84 bits per heavy atom. The van der Waals surface area contributed by atoms with Gasteiger partial charge >= 0.3 is 10.1 Å². The molecule has 0 saturated heterocycles. The molecule has 0 saturated carbocycles. The summed E-state index contributed by atoms with van der Waals surface area (Å²) in [4.78, 5) is 0.107. The van der Waals surface area contributed by atoms with Crippen molar-refractivity contribution in [1.82, 2.24) is 5.16 Å². The summed E-state index contributed by atoms with van der Waals surface area (Å²) in [5, 5.41) is 4.51. The van der Waals surface area contributed by atoms with Crippen LogP contribution in [0, 0.1) is 0 Å². The van der Waals surface area contributed by atoms with E-state index in [0.29, 0.717) is 5.52 Å². The van der Waals surface area contributed by atoms with Crippen LogP contribution in [0.2, 0.25) is 0 Å². The first-order valence-electron chi connectivity index (χ1n) is 5.49. The van der Waals surface area contributed by atoms with E-state index in [9.17, 15) is 8.42 Å². The minimum Gasteiger partial charge on any atom is -0.379 e. The lowest BCUT2D eigenvalue weighted by molar-refractivity contribution is 0.428. The predicted molar refractivity (Wildman–Crippen MR) is 68.3 cm³/mol. The molecule has 0 aliphatic carbocycles. The van der Waals surface area contributed by atoms with Gasteiger partial charge in [-0.25, -0.2) is 0 Å². The van der Waals surface area contributed by atoms with Gasteiger partial charge in [-0.15, -0.1) is 0 Å². The Kier molecular flexibility index (Phi) is 2.72. The Hall–Kier alpha value is -2.34. The van der Waals surface area contributed by atoms with E-state index in [2.05, 4.69) is 5.16 Å². The van der Waals surface area contributed by atoms with Crippen LogP contribution in [-0.2, 0) is 10.1 Å². The molecule has 19 heavy (non-hydrogen) atoms. The summed E-state index contributed by atoms with van der Waals surface area (Å²) in [5.74, 6) is 0.199. The second-order valence-electron chi connectivity index (χ2n) is 3.89. The Morgan fingerprint density at radius 3 is 2.63 bits per heavy atom. The summed E-state index contributed by atoms with van der Waals surface area (Å²) in [7, 11) is -3.82. The van der Waals surface area contributed by atoms with Gasteiger partial charge < -0.3 is 8.71 Å². The van der Waals surface area contributed by atoms with Crippen LogP contribution in [0.1, 0.15) is 0 Å². The summed E-state index contributed by atoms with van der Waals surface area (Å²) in [6.45, 7) is 0. The molecule has 0 atom stereocenters. The van der Waals surface area contributed by atoms with Crippen molar-refractivity contribution in [2.45, 2.75) is 4.90 Å². The summed E-state index contributed by atoms with van der Waals surface area (Å²) in [6, 6.07) is 12.7. The number of hydrogen-bond acceptors (Lipinski definition) is 5. The number of hydrogen-bond donors (Lipinski definition) is 0. The van der Waals surface area contributed by atoms with Crippen LogP contribution >= 0.6 is 0 Å². The lowest BCUT2D eigenvalue weighted by atomic mass is 10.2. The highest BCUT2D eigenvalue weighted by atomic mass is 32.2. The molecule has 0 bridgehead atoms. The third kappa shape index (κ3) is 2.30. The Labute approximate surface area is 109 Å². The normalized spacial score (nSPS) is 11.6. The van der Waals surface area contributed by atoms with Crippen LogP contribution in [0.25, 0.3) is 10.9 Å². The van der Waals surface area contributed by atoms with Crippen molar-refractivity contribution in [3.63, 3.8) is 0 Å². The lowest BCUT2D eigenvalue weighted by Crippen LogP contribution is -2.09. The van der Waals surface area contributed by atoms with Gasteiger partial charge in [-0.05, 0) is 24.3 Å². The first kappa shape index (κ1) is 11.7. The van der Waals surface area contributed by atoms with E-state index in [1.807, 2.05) is 0 Å². The lowest BCUT2D eigenvalue weighted by Gasteiger charge is -2.06. The van der Waals surface area contributed by atoms with E-state index in [0.717, 1.165) is 5.39 Å². The predicted octanol–water partition coefficient (Wildman–Crippen LogP) is 2.60. The third-order valence-electron chi connectivity index (χ3n) is 2.57. The summed E-state index contributed by atoms with van der Waals surface area (Å²) >= 11 is 0. The van der Waals surface area contributed by atoms with Crippen LogP contribution < -0.4 is 4.18 Å². The van der Waals surface area contributed by atoms with Gasteiger partial charge in [0.1, 0.15) is 22.4 Å². The maximum absolute atomic E-state index is 12.0. The highest BCUT2D eigenvalue weighted by molar-refractivity contribution is 7.87. The Bertz CT molecular complexity index is 809. The van der Waals surface area contributed by atoms with Crippen LogP contribution in [-0.4, -0.2) is 13.6 Å². The van der Waals surface area contributed by atoms with Crippen LogP contribution in [0.3, 0.4) is 0 Å². The van der Waals surface area contributed by atoms with Crippen molar-refractivity contribution >= 4 is 21.0 Å². The van der Waals surface area contributed by atoms with E-state index in [1.165, 1.54) is 24.5 Å². The molecule has 0 radical (unpaired) electrons. The van der Waals surface area contributed by atoms with Crippen LogP contribution in [0.5, 0.6) is 5.75 Å². The molecular weight excluding hydrogens is 266 g/mol. The van der Waals surface area contributed by atoms with Gasteiger partial charge in [-0.2, -0.15) is 8.42 Å². The molecule has 5 nitrogen and oxygen atoms in total. The van der Waals surface area contributed by atoms with Gasteiger partial charge in [0.2, 0.25) is 0 Å². The van der Waals surface area contributed by atoms with Gasteiger partial charge in [-0.1, -0.05) is 23.4 Å². The monoisotopic (exact) mass is 275 g/mol. The molecule has 96 valence electrons. The van der Waals surface area contributed by atoms with Crippen molar-refractivity contribution in [1.29, 1.82) is 0 Å². The Balaban J connectivity index is 1.96. The standard InChI is InChI=1S/C13H9NO4S/c15-19(16,12-4-2-1-3-5-12)18-11-7-6-10-9-17-14-13(10)8-11/h1-9H. The molecule has 0 aliphatic heterocycles. The zero-order chi connectivity index (χ0) is 13.3. The van der Waals surface area contributed by atoms with Crippen molar-refractivity contribution in [2.75, 3.05) is 0 Å². The largest absolute Gasteiger partial charge is 0.379 e. The minimum absolute atomic E-state index is 0.107. The number of nitrogens with zero attached hydrogens (tertiary/aromatic N) is 1. The molecule has 1 heterocycles. The second kappa shape index (κ2) is 4.40. The topological polar surface area (TPSA) is 69.4 Å². The van der Waals surface area contributed by atoms with Crippen molar-refractivity contribution in [3.05, 3.63) is 54.8 Å². The maximum atomic E-state index is 12.0. The molecular formula is C13H9NO4S. The molecule has 0 amide bonds. The van der Waals surface area contributed by atoms with E-state index in [1.54, 1.807) is 30.3 Å². The van der Waals surface area contributed by atoms with E-state index >= 15 is 0 Å². The first-order chi connectivity index (χ1) is 9.15. The second-order valence-corrected chi connectivity index (χ2v) is 5.43. The zero-order valence-corrected chi connectivity index (χ0v) is 10.5. The molecule has 3 rings (SSSR count). The SMILES string of the molecule is O=S(=O)(Oc1ccc2conc2c1)c1ccccc1. The van der Waals surface area contributed by atoms with E-state index in [-0.39, 0.29) is 10.6 Å². The van der Waals surface area contributed by atoms with E-state index in [4.69, 9.17) is 8.71 Å². The fourth-order valence-corrected chi connectivity index (χ4v) is 2.60. The number of aromatic nitrogens is 1. The summed E-state index contributed by atoms with van der Waals surface area (Å²) < 4.78 is 33.9. The Morgan fingerprint density at radius 1 is 1.05 bits per heavy atom. The maximum Gasteiger partial charge on any atom is 0.339 e. The van der Waals surface area contributed by atoms with Crippen molar-refractivity contribution in [3.8, 4) is 5.75 Å². The molecule has 0 N–H and O–H groups in total. The number of rotatable bonds is 3. The smallest absolute Gasteiger partial charge is 0.339 e. The number of fused-ring (bicyclic) bond motifs is 1. The quantitative estimate of drug-likeness (QED) is 0.687. The van der Waals surface area contributed by atoms with Gasteiger partial charge in [0.25, 0.3) is 0 Å². The average molecular weight is 275 g/mol. The molecule has 3 aromatic rings. The highest BCUT2D eigenvalue weighted by Crippen LogP contribution is 2.23. The summed E-state index contributed by atoms with van der Waals surface area (Å²) in [5.41, 5.74) is 0.542. The molecule has 1 aromatic heterocycles. The zero-order valence-electron chi connectivity index (χ0n) is 9.68. The van der Waals surface area contributed by atoms with Crippen molar-refractivity contribution in [2.24, 2.45) is 0 Å². The van der Waals surface area contributed by atoms with Crippen LogP contribution in [0.15, 0.2) is 64.2 Å². The third-order valence-corrected chi connectivity index (χ3v) is 3.83. The molecule has 0 aliphatic rings. The minimum atomic E-state index is -3.82. The van der Waals surface area contributed by atoms with Crippen molar-refractivity contribution < 1.29 is 17.1 Å². The average Bonchev–Trinajstić information content (AvgIpc) is 2.87. The fraction of sp³-hybridized carbons (Fsp3) is 0. The van der Waals surface area contributed by atoms with Gasteiger partial charge in [-0.3, -0.25) is 0 Å². The fourth-order valence-electron chi connectivity index (χ4n) is 1.66. The van der Waals surface area contributed by atoms with Gasteiger partial charge in [0.15, 0.2) is 0 Å². The summed E-state index contributed by atoms with van der Waals surface area (Å²) in [6.07, 6.45) is 1.48. The molecule has 0 spiro atoms. The number of benzene rings is 2. The molecule has 0 unspecified atom stereocenters. The van der Waals surface area contributed by atoms with Gasteiger partial charge in [0, 0.05) is 11.5 Å².